The standard InChI is InChI=1S/C11H19F3N4/c1-7(2)18-10(9(15)8(3)16-18)17(4)6-5-11(12,13)14/h7H,5-6,15H2,1-4H3. The summed E-state index contributed by atoms with van der Waals surface area (Å²) in [5.41, 5.74) is 6.95. The predicted octanol–water partition coefficient (Wildman–Crippen LogP) is 2.74. The van der Waals surface area contributed by atoms with E-state index in [1.54, 1.807) is 18.7 Å². The molecule has 0 aliphatic heterocycles. The van der Waals surface area contributed by atoms with Crippen LogP contribution in [0.2, 0.25) is 0 Å². The van der Waals surface area contributed by atoms with E-state index in [0.29, 0.717) is 17.2 Å². The summed E-state index contributed by atoms with van der Waals surface area (Å²) in [6, 6.07) is 0.0457. The van der Waals surface area contributed by atoms with Gasteiger partial charge in [-0.15, -0.1) is 0 Å². The number of halogens is 3. The second-order valence-electron chi connectivity index (χ2n) is 4.65. The predicted molar refractivity (Wildman–Crippen MR) is 65.7 cm³/mol. The smallest absolute Gasteiger partial charge is 0.390 e. The molecule has 0 saturated carbocycles. The summed E-state index contributed by atoms with van der Waals surface area (Å²) in [5, 5.41) is 4.24. The number of hydrogen-bond acceptors (Lipinski definition) is 3. The molecule has 0 atom stereocenters. The molecule has 104 valence electrons. The van der Waals surface area contributed by atoms with E-state index in [0.717, 1.165) is 0 Å². The molecule has 0 fully saturated rings. The van der Waals surface area contributed by atoms with Crippen LogP contribution in [0.4, 0.5) is 24.7 Å². The van der Waals surface area contributed by atoms with Crippen molar-refractivity contribution < 1.29 is 13.2 Å². The molecule has 0 unspecified atom stereocenters. The van der Waals surface area contributed by atoms with Crippen LogP contribution >= 0.6 is 0 Å². The molecule has 0 radical (unpaired) electrons. The maximum absolute atomic E-state index is 12.2. The number of rotatable bonds is 4. The van der Waals surface area contributed by atoms with Crippen LogP contribution in [-0.2, 0) is 0 Å². The molecule has 1 aromatic heterocycles. The fourth-order valence-electron chi connectivity index (χ4n) is 1.69. The number of alkyl halides is 3. The minimum Gasteiger partial charge on any atom is -0.394 e. The van der Waals surface area contributed by atoms with Gasteiger partial charge in [0, 0.05) is 19.6 Å². The van der Waals surface area contributed by atoms with E-state index >= 15 is 0 Å². The van der Waals surface area contributed by atoms with Gasteiger partial charge in [-0.25, -0.2) is 4.68 Å². The lowest BCUT2D eigenvalue weighted by atomic mass is 10.3. The summed E-state index contributed by atoms with van der Waals surface area (Å²) < 4.78 is 38.3. The van der Waals surface area contributed by atoms with Gasteiger partial charge in [0.1, 0.15) is 0 Å². The van der Waals surface area contributed by atoms with E-state index < -0.39 is 12.6 Å². The van der Waals surface area contributed by atoms with Crippen molar-refractivity contribution in [3.05, 3.63) is 5.69 Å². The minimum absolute atomic E-state index is 0.0457. The number of hydrogen-bond donors (Lipinski definition) is 1. The summed E-state index contributed by atoms with van der Waals surface area (Å²) in [6.45, 7) is 5.43. The molecule has 0 aliphatic carbocycles. The molecule has 7 heteroatoms. The van der Waals surface area contributed by atoms with Crippen LogP contribution in [0.15, 0.2) is 0 Å². The van der Waals surface area contributed by atoms with Gasteiger partial charge in [-0.3, -0.25) is 0 Å². The second-order valence-corrected chi connectivity index (χ2v) is 4.65. The Morgan fingerprint density at radius 3 is 2.39 bits per heavy atom. The molecule has 2 N–H and O–H groups in total. The van der Waals surface area contributed by atoms with Crippen LogP contribution in [0.3, 0.4) is 0 Å². The van der Waals surface area contributed by atoms with Gasteiger partial charge < -0.3 is 10.6 Å². The summed E-state index contributed by atoms with van der Waals surface area (Å²) in [4.78, 5) is 1.50. The molecular weight excluding hydrogens is 245 g/mol. The molecule has 0 bridgehead atoms. The largest absolute Gasteiger partial charge is 0.394 e. The van der Waals surface area contributed by atoms with Crippen LogP contribution in [-0.4, -0.2) is 29.5 Å². The van der Waals surface area contributed by atoms with Crippen molar-refractivity contribution in [3.8, 4) is 0 Å². The lowest BCUT2D eigenvalue weighted by Crippen LogP contribution is -2.27. The number of anilines is 2. The molecule has 1 heterocycles. The molecule has 0 aliphatic rings. The fraction of sp³-hybridized carbons (Fsp3) is 0.727. The second kappa shape index (κ2) is 5.07. The highest BCUT2D eigenvalue weighted by molar-refractivity contribution is 5.66. The number of aryl methyl sites for hydroxylation is 1. The van der Waals surface area contributed by atoms with Crippen LogP contribution < -0.4 is 10.6 Å². The molecule has 0 spiro atoms. The van der Waals surface area contributed by atoms with Gasteiger partial charge in [-0.2, -0.15) is 18.3 Å². The van der Waals surface area contributed by atoms with E-state index in [-0.39, 0.29) is 12.6 Å². The average Bonchev–Trinajstić information content (AvgIpc) is 2.51. The molecule has 0 amide bonds. The van der Waals surface area contributed by atoms with Crippen LogP contribution in [0.25, 0.3) is 0 Å². The topological polar surface area (TPSA) is 47.1 Å². The van der Waals surface area contributed by atoms with Crippen molar-refractivity contribution in [2.24, 2.45) is 0 Å². The molecule has 1 aromatic rings. The van der Waals surface area contributed by atoms with Crippen molar-refractivity contribution in [2.75, 3.05) is 24.2 Å². The maximum Gasteiger partial charge on any atom is 0.390 e. The van der Waals surface area contributed by atoms with E-state index in [9.17, 15) is 13.2 Å². The Morgan fingerprint density at radius 2 is 1.94 bits per heavy atom. The Bertz CT molecular complexity index is 409. The van der Waals surface area contributed by atoms with Crippen molar-refractivity contribution in [2.45, 2.75) is 39.4 Å². The van der Waals surface area contributed by atoms with Crippen molar-refractivity contribution in [1.82, 2.24) is 9.78 Å². The summed E-state index contributed by atoms with van der Waals surface area (Å²) in [6.07, 6.45) is -5.04. The van der Waals surface area contributed by atoms with E-state index in [4.69, 9.17) is 5.73 Å². The number of aromatic nitrogens is 2. The average molecular weight is 264 g/mol. The Kier molecular flexibility index (Phi) is 4.13. The fourth-order valence-corrected chi connectivity index (χ4v) is 1.69. The zero-order valence-corrected chi connectivity index (χ0v) is 11.0. The first-order valence-electron chi connectivity index (χ1n) is 5.76. The third kappa shape index (κ3) is 3.30. The first-order valence-corrected chi connectivity index (χ1v) is 5.76. The summed E-state index contributed by atoms with van der Waals surface area (Å²) in [5.74, 6) is 0.548. The number of nitrogens with zero attached hydrogens (tertiary/aromatic N) is 3. The Labute approximate surface area is 105 Å². The van der Waals surface area contributed by atoms with E-state index in [2.05, 4.69) is 5.10 Å². The number of nitrogen functional groups attached to an aromatic ring is 1. The third-order valence-corrected chi connectivity index (χ3v) is 2.69. The van der Waals surface area contributed by atoms with Gasteiger partial charge in [0.25, 0.3) is 0 Å². The summed E-state index contributed by atoms with van der Waals surface area (Å²) in [7, 11) is 1.59. The van der Waals surface area contributed by atoms with Gasteiger partial charge in [0.15, 0.2) is 5.82 Å². The number of nitrogens with two attached hydrogens (primary N) is 1. The molecular formula is C11H19F3N4. The van der Waals surface area contributed by atoms with Crippen LogP contribution in [0.1, 0.15) is 32.0 Å². The van der Waals surface area contributed by atoms with Gasteiger partial charge in [0.05, 0.1) is 17.8 Å². The monoisotopic (exact) mass is 264 g/mol. The van der Waals surface area contributed by atoms with Crippen LogP contribution in [0, 0.1) is 6.92 Å². The van der Waals surface area contributed by atoms with Crippen molar-refractivity contribution in [3.63, 3.8) is 0 Å². The molecule has 1 rings (SSSR count). The SMILES string of the molecule is Cc1nn(C(C)C)c(N(C)CCC(F)(F)F)c1N. The zero-order valence-electron chi connectivity index (χ0n) is 11.0. The molecule has 4 nitrogen and oxygen atoms in total. The Morgan fingerprint density at radius 1 is 1.39 bits per heavy atom. The minimum atomic E-state index is -4.17. The van der Waals surface area contributed by atoms with E-state index in [1.807, 2.05) is 13.8 Å². The van der Waals surface area contributed by atoms with E-state index in [1.165, 1.54) is 4.90 Å². The Balaban J connectivity index is 2.94. The highest BCUT2D eigenvalue weighted by Gasteiger charge is 2.28. The van der Waals surface area contributed by atoms with Crippen molar-refractivity contribution >= 4 is 11.5 Å². The molecule has 0 saturated heterocycles. The van der Waals surface area contributed by atoms with Gasteiger partial charge in [-0.1, -0.05) is 0 Å². The summed E-state index contributed by atoms with van der Waals surface area (Å²) >= 11 is 0. The maximum atomic E-state index is 12.2. The molecule has 0 aromatic carbocycles. The van der Waals surface area contributed by atoms with Crippen LogP contribution in [0.5, 0.6) is 0 Å². The first-order chi connectivity index (χ1) is 8.13. The molecule has 18 heavy (non-hydrogen) atoms. The lowest BCUT2D eigenvalue weighted by Gasteiger charge is -2.23. The normalized spacial score (nSPS) is 12.2. The Hall–Kier alpha value is -1.40. The van der Waals surface area contributed by atoms with Crippen molar-refractivity contribution in [1.29, 1.82) is 0 Å². The lowest BCUT2D eigenvalue weighted by molar-refractivity contribution is -0.132. The quantitative estimate of drug-likeness (QED) is 0.909. The first kappa shape index (κ1) is 14.7. The van der Waals surface area contributed by atoms with Gasteiger partial charge in [0.2, 0.25) is 0 Å². The third-order valence-electron chi connectivity index (χ3n) is 2.69. The van der Waals surface area contributed by atoms with Gasteiger partial charge in [-0.05, 0) is 20.8 Å². The zero-order chi connectivity index (χ0) is 14.1. The highest BCUT2D eigenvalue weighted by Crippen LogP contribution is 2.29. The highest BCUT2D eigenvalue weighted by atomic mass is 19.4. The van der Waals surface area contributed by atoms with Gasteiger partial charge >= 0.3 is 6.18 Å².